The van der Waals surface area contributed by atoms with Crippen molar-refractivity contribution in [1.29, 1.82) is 0 Å². The molecule has 0 amide bonds. The molecular weight excluding hydrogens is 448 g/mol. The monoisotopic (exact) mass is 484 g/mol. The third kappa shape index (κ3) is 5.59. The molecule has 0 aliphatic carbocycles. The number of hydrogen-bond donors (Lipinski definition) is 0. The maximum Gasteiger partial charge on any atom is 0.305 e. The van der Waals surface area contributed by atoms with Gasteiger partial charge >= 0.3 is 11.9 Å². The highest BCUT2D eigenvalue weighted by Crippen LogP contribution is 2.40. The lowest BCUT2D eigenvalue weighted by molar-refractivity contribution is -0.198. The van der Waals surface area contributed by atoms with E-state index in [1.54, 1.807) is 0 Å². The molecule has 2 aromatic rings. The van der Waals surface area contributed by atoms with Crippen molar-refractivity contribution in [1.82, 2.24) is 0 Å². The second kappa shape index (κ2) is 10.8. The van der Waals surface area contributed by atoms with Crippen LogP contribution in [-0.4, -0.2) is 44.9 Å². The maximum absolute atomic E-state index is 11.7. The maximum atomic E-state index is 11.7. The molecule has 1 aliphatic heterocycles. The van der Waals surface area contributed by atoms with Crippen molar-refractivity contribution >= 4 is 30.6 Å². The topological polar surface area (TPSA) is 71.1 Å². The predicted molar refractivity (Wildman–Crippen MR) is 133 cm³/mol. The highest BCUT2D eigenvalue weighted by molar-refractivity contribution is 6.99. The molecule has 0 N–H and O–H groups in total. The first-order chi connectivity index (χ1) is 16.1. The Morgan fingerprint density at radius 3 is 1.85 bits per heavy atom. The van der Waals surface area contributed by atoms with Gasteiger partial charge in [0.1, 0.15) is 0 Å². The lowest BCUT2D eigenvalue weighted by atomic mass is 10.1. The Morgan fingerprint density at radius 1 is 0.941 bits per heavy atom. The number of rotatable bonds is 8. The van der Waals surface area contributed by atoms with E-state index < -0.39 is 32.6 Å². The van der Waals surface area contributed by atoms with Crippen LogP contribution in [0.3, 0.4) is 0 Å². The van der Waals surface area contributed by atoms with Gasteiger partial charge in [-0.1, -0.05) is 88.4 Å². The molecule has 2 aromatic carbocycles. The first-order valence-electron chi connectivity index (χ1n) is 11.9. The van der Waals surface area contributed by atoms with Crippen LogP contribution in [0.5, 0.6) is 0 Å². The summed E-state index contributed by atoms with van der Waals surface area (Å²) >= 11 is 0. The molecule has 3 rings (SSSR count). The number of carbonyl (C=O) groups excluding carboxylic acids is 2. The van der Waals surface area contributed by atoms with Gasteiger partial charge in [0, 0.05) is 20.3 Å². The molecule has 7 heteroatoms. The number of ether oxygens (including phenoxy) is 3. The number of hydrogen-bond acceptors (Lipinski definition) is 6. The van der Waals surface area contributed by atoms with Gasteiger partial charge in [-0.15, -0.1) is 0 Å². The number of esters is 2. The molecule has 0 saturated carbocycles. The third-order valence-electron chi connectivity index (χ3n) is 6.24. The van der Waals surface area contributed by atoms with Gasteiger partial charge in [-0.2, -0.15) is 0 Å². The summed E-state index contributed by atoms with van der Waals surface area (Å²) in [6, 6.07) is 20.8. The molecule has 0 aromatic heterocycles. The Hall–Kier alpha value is -2.48. The normalized spacial score (nSPS) is 21.6. The molecule has 6 nitrogen and oxygen atoms in total. The van der Waals surface area contributed by atoms with E-state index >= 15 is 0 Å². The summed E-state index contributed by atoms with van der Waals surface area (Å²) in [5, 5.41) is 2.17. The van der Waals surface area contributed by atoms with E-state index in [0.717, 1.165) is 0 Å². The van der Waals surface area contributed by atoms with Gasteiger partial charge in [-0.3, -0.25) is 9.59 Å². The molecule has 4 atom stereocenters. The van der Waals surface area contributed by atoms with Gasteiger partial charge in [0.05, 0.1) is 12.2 Å². The van der Waals surface area contributed by atoms with Gasteiger partial charge in [-0.25, -0.2) is 0 Å². The average Bonchev–Trinajstić information content (AvgIpc) is 3.15. The SMILES string of the molecule is CCC(O[Si](c1ccccc1)(c1ccccc1)C(C)(C)C)[C@@H]1C[C@@H](OC(C)=O)C(OC(C)=O)O1. The van der Waals surface area contributed by atoms with Crippen LogP contribution in [0.2, 0.25) is 5.04 Å². The third-order valence-corrected chi connectivity index (χ3v) is 11.3. The fraction of sp³-hybridized carbons (Fsp3) is 0.481. The van der Waals surface area contributed by atoms with E-state index in [1.165, 1.54) is 24.2 Å². The Kier molecular flexibility index (Phi) is 8.33. The van der Waals surface area contributed by atoms with Crippen LogP contribution in [0.15, 0.2) is 60.7 Å². The zero-order chi connectivity index (χ0) is 24.9. The second-order valence-corrected chi connectivity index (χ2v) is 14.0. The Morgan fingerprint density at radius 2 is 1.44 bits per heavy atom. The van der Waals surface area contributed by atoms with E-state index in [4.69, 9.17) is 18.6 Å². The van der Waals surface area contributed by atoms with Crippen molar-refractivity contribution in [3.63, 3.8) is 0 Å². The largest absolute Gasteiger partial charge is 0.456 e. The molecule has 0 spiro atoms. The summed E-state index contributed by atoms with van der Waals surface area (Å²) in [5.74, 6) is -0.920. The standard InChI is InChI=1S/C27H36O6Si/c1-7-23(24-18-25(30-19(2)28)26(32-24)31-20(3)29)33-34(27(4,5)6,21-14-10-8-11-15-21)22-16-12-9-13-17-22/h8-17,23-26H,7,18H2,1-6H3/t23?,24-,25+,26?/m0/s1. The molecule has 1 heterocycles. The van der Waals surface area contributed by atoms with Crippen LogP contribution in [0.4, 0.5) is 0 Å². The van der Waals surface area contributed by atoms with Gasteiger partial charge in [0.15, 0.2) is 6.10 Å². The first-order valence-corrected chi connectivity index (χ1v) is 13.8. The summed E-state index contributed by atoms with van der Waals surface area (Å²) < 4.78 is 24.2. The minimum Gasteiger partial charge on any atom is -0.456 e. The van der Waals surface area contributed by atoms with Crippen molar-refractivity contribution < 1.29 is 28.2 Å². The zero-order valence-electron chi connectivity index (χ0n) is 20.9. The van der Waals surface area contributed by atoms with Crippen LogP contribution in [-0.2, 0) is 28.2 Å². The molecule has 1 aliphatic rings. The number of benzene rings is 2. The highest BCUT2D eigenvalue weighted by atomic mass is 28.4. The molecule has 0 bridgehead atoms. The molecule has 2 unspecified atom stereocenters. The average molecular weight is 485 g/mol. The molecule has 0 radical (unpaired) electrons. The second-order valence-electron chi connectivity index (χ2n) is 9.76. The van der Waals surface area contributed by atoms with E-state index in [9.17, 15) is 9.59 Å². The van der Waals surface area contributed by atoms with Crippen LogP contribution in [0.25, 0.3) is 0 Å². The first kappa shape index (κ1) is 26.1. The van der Waals surface area contributed by atoms with Crippen LogP contribution >= 0.6 is 0 Å². The molecule has 1 fully saturated rings. The van der Waals surface area contributed by atoms with Crippen molar-refractivity contribution in [3.05, 3.63) is 60.7 Å². The molecule has 184 valence electrons. The fourth-order valence-electron chi connectivity index (χ4n) is 4.82. The van der Waals surface area contributed by atoms with Crippen molar-refractivity contribution in [2.75, 3.05) is 0 Å². The van der Waals surface area contributed by atoms with Crippen LogP contribution in [0.1, 0.15) is 54.4 Å². The van der Waals surface area contributed by atoms with Gasteiger partial charge in [0.2, 0.25) is 6.29 Å². The summed E-state index contributed by atoms with van der Waals surface area (Å²) in [6.45, 7) is 11.4. The predicted octanol–water partition coefficient (Wildman–Crippen LogP) is 3.95. The minimum atomic E-state index is -2.80. The van der Waals surface area contributed by atoms with Gasteiger partial charge in [-0.05, 0) is 21.8 Å². The summed E-state index contributed by atoms with van der Waals surface area (Å²) in [5.41, 5.74) is 0. The summed E-state index contributed by atoms with van der Waals surface area (Å²) in [6.07, 6.45) is -1.19. The van der Waals surface area contributed by atoms with Gasteiger partial charge in [0.25, 0.3) is 8.32 Å². The van der Waals surface area contributed by atoms with Gasteiger partial charge < -0.3 is 18.6 Å². The summed E-state index contributed by atoms with van der Waals surface area (Å²) in [7, 11) is -2.80. The molecule has 1 saturated heterocycles. The Labute approximate surface area is 203 Å². The van der Waals surface area contributed by atoms with E-state index in [-0.39, 0.29) is 17.2 Å². The Bertz CT molecular complexity index is 893. The van der Waals surface area contributed by atoms with E-state index in [2.05, 4.69) is 76.2 Å². The van der Waals surface area contributed by atoms with E-state index in [0.29, 0.717) is 12.8 Å². The zero-order valence-corrected chi connectivity index (χ0v) is 21.9. The quantitative estimate of drug-likeness (QED) is 0.417. The lowest BCUT2D eigenvalue weighted by Crippen LogP contribution is -2.68. The highest BCUT2D eigenvalue weighted by Gasteiger charge is 2.53. The van der Waals surface area contributed by atoms with Crippen LogP contribution < -0.4 is 10.4 Å². The summed E-state index contributed by atoms with van der Waals surface area (Å²) in [4.78, 5) is 23.3. The molecule has 34 heavy (non-hydrogen) atoms. The lowest BCUT2D eigenvalue weighted by Gasteiger charge is -2.46. The van der Waals surface area contributed by atoms with E-state index in [1.807, 2.05) is 12.1 Å². The Balaban J connectivity index is 2.03. The van der Waals surface area contributed by atoms with Crippen molar-refractivity contribution in [3.8, 4) is 0 Å². The van der Waals surface area contributed by atoms with Crippen molar-refractivity contribution in [2.45, 2.75) is 84.0 Å². The smallest absolute Gasteiger partial charge is 0.305 e. The fourth-order valence-corrected chi connectivity index (χ4v) is 9.61. The number of carbonyl (C=O) groups is 2. The van der Waals surface area contributed by atoms with Crippen LogP contribution in [0, 0.1) is 0 Å². The van der Waals surface area contributed by atoms with Crippen molar-refractivity contribution in [2.24, 2.45) is 0 Å². The molecular formula is C27H36O6Si. The minimum absolute atomic E-state index is 0.188.